The van der Waals surface area contributed by atoms with E-state index in [-0.39, 0.29) is 23.6 Å². The zero-order valence-corrected chi connectivity index (χ0v) is 22.5. The average Bonchev–Trinajstić information content (AvgIpc) is 3.33. The Morgan fingerprint density at radius 2 is 1.77 bits per heavy atom. The lowest BCUT2D eigenvalue weighted by molar-refractivity contribution is -0.137. The van der Waals surface area contributed by atoms with Gasteiger partial charge in [-0.25, -0.2) is 24.4 Å². The van der Waals surface area contributed by atoms with Crippen molar-refractivity contribution in [3.8, 4) is 11.4 Å². The third-order valence-corrected chi connectivity index (χ3v) is 4.99. The van der Waals surface area contributed by atoms with Crippen LogP contribution >= 0.6 is 0 Å². The van der Waals surface area contributed by atoms with Crippen LogP contribution in [0.3, 0.4) is 0 Å². The number of esters is 1. The highest BCUT2D eigenvalue weighted by molar-refractivity contribution is 6.41. The van der Waals surface area contributed by atoms with Gasteiger partial charge in [-0.05, 0) is 58.0 Å². The summed E-state index contributed by atoms with van der Waals surface area (Å²) in [6, 6.07) is 7.97. The van der Waals surface area contributed by atoms with Gasteiger partial charge in [-0.1, -0.05) is 0 Å². The van der Waals surface area contributed by atoms with Crippen LogP contribution in [0.15, 0.2) is 55.2 Å². The first-order valence-electron chi connectivity index (χ1n) is 12.0. The number of nitrogens with zero attached hydrogens (tertiary/aromatic N) is 5. The van der Waals surface area contributed by atoms with E-state index in [1.54, 1.807) is 63.1 Å². The van der Waals surface area contributed by atoms with E-state index in [0.29, 0.717) is 16.7 Å². The number of carbonyl (C=O) groups is 4. The number of Topliss-reactive ketones (excluding diaryl/α,β-unsaturated/α-hetero) is 1. The first-order chi connectivity index (χ1) is 18.9. The van der Waals surface area contributed by atoms with Gasteiger partial charge < -0.3 is 19.1 Å². The van der Waals surface area contributed by atoms with Crippen LogP contribution in [0.1, 0.15) is 48.5 Å². The van der Waals surface area contributed by atoms with Crippen molar-refractivity contribution in [2.24, 2.45) is 7.05 Å². The second kappa shape index (κ2) is 12.6. The predicted molar refractivity (Wildman–Crippen MR) is 144 cm³/mol. The first-order valence-corrected chi connectivity index (χ1v) is 12.0. The molecule has 0 fully saturated rings. The lowest BCUT2D eigenvalue weighted by atomic mass is 10.1. The van der Waals surface area contributed by atoms with Crippen LogP contribution in [0.4, 0.5) is 10.5 Å². The van der Waals surface area contributed by atoms with Crippen molar-refractivity contribution >= 4 is 40.5 Å². The molecule has 0 aliphatic rings. The number of hydrogen-bond donors (Lipinski definition) is 2. The Morgan fingerprint density at radius 3 is 2.40 bits per heavy atom. The largest absolute Gasteiger partial charge is 0.478 e. The van der Waals surface area contributed by atoms with E-state index in [4.69, 9.17) is 4.74 Å². The molecule has 4 heterocycles. The Morgan fingerprint density at radius 1 is 1.07 bits per heavy atom. The average molecular weight is 549 g/mol. The van der Waals surface area contributed by atoms with Crippen molar-refractivity contribution in [2.75, 3.05) is 11.9 Å². The zero-order chi connectivity index (χ0) is 29.4. The fourth-order valence-corrected chi connectivity index (χ4v) is 3.35. The van der Waals surface area contributed by atoms with E-state index in [1.807, 2.05) is 7.05 Å². The number of pyridine rings is 3. The molecule has 13 heteroatoms. The Balaban J connectivity index is 0.000000221. The summed E-state index contributed by atoms with van der Waals surface area (Å²) < 4.78 is 11.5. The number of aryl methyl sites for hydroxylation is 1. The van der Waals surface area contributed by atoms with Crippen molar-refractivity contribution < 1.29 is 33.8 Å². The summed E-state index contributed by atoms with van der Waals surface area (Å²) in [6.07, 6.45) is 5.45. The van der Waals surface area contributed by atoms with Crippen molar-refractivity contribution in [3.05, 3.63) is 66.5 Å². The van der Waals surface area contributed by atoms with Crippen molar-refractivity contribution in [1.82, 2.24) is 24.5 Å². The van der Waals surface area contributed by atoms with Crippen molar-refractivity contribution in [2.45, 2.75) is 33.3 Å². The van der Waals surface area contributed by atoms with Gasteiger partial charge in [0.2, 0.25) is 0 Å². The monoisotopic (exact) mass is 548 g/mol. The number of hydrogen-bond acceptors (Lipinski definition) is 10. The number of carbonyl (C=O) groups excluding carboxylic acids is 3. The molecule has 4 aromatic rings. The molecular formula is C27H28N6O7. The molecule has 0 spiro atoms. The van der Waals surface area contributed by atoms with Gasteiger partial charge in [-0.15, -0.1) is 0 Å². The minimum Gasteiger partial charge on any atom is -0.478 e. The quantitative estimate of drug-likeness (QED) is 0.203. The molecule has 1 amide bonds. The summed E-state index contributed by atoms with van der Waals surface area (Å²) in [6.45, 7) is 6.79. The number of ketones is 1. The number of aromatic nitrogens is 5. The first kappa shape index (κ1) is 29.4. The molecule has 0 bridgehead atoms. The Labute approximate surface area is 229 Å². The molecule has 0 aliphatic carbocycles. The van der Waals surface area contributed by atoms with Crippen LogP contribution < -0.4 is 5.32 Å². The van der Waals surface area contributed by atoms with Crippen molar-refractivity contribution in [3.63, 3.8) is 0 Å². The summed E-state index contributed by atoms with van der Waals surface area (Å²) in [5, 5.41) is 11.7. The molecule has 0 saturated heterocycles. The molecule has 4 aromatic heterocycles. The maximum absolute atomic E-state index is 11.9. The lowest BCUT2D eigenvalue weighted by Crippen LogP contribution is -2.28. The second-order valence-corrected chi connectivity index (χ2v) is 9.20. The second-order valence-electron chi connectivity index (χ2n) is 9.20. The van der Waals surface area contributed by atoms with Crippen LogP contribution in [-0.4, -0.2) is 65.6 Å². The number of fused-ring (bicyclic) bond motifs is 1. The fraction of sp³-hybridized carbons (Fsp3) is 0.259. The Hall–Kier alpha value is -5.20. The normalized spacial score (nSPS) is 10.7. The van der Waals surface area contributed by atoms with Gasteiger partial charge >= 0.3 is 18.0 Å². The molecule has 0 aromatic carbocycles. The molecule has 13 nitrogen and oxygen atoms in total. The van der Waals surface area contributed by atoms with E-state index in [0.717, 1.165) is 5.69 Å². The van der Waals surface area contributed by atoms with Crippen LogP contribution in [0.25, 0.3) is 22.4 Å². The van der Waals surface area contributed by atoms with Crippen molar-refractivity contribution in [1.29, 1.82) is 0 Å². The minimum atomic E-state index is -1.02. The zero-order valence-electron chi connectivity index (χ0n) is 22.5. The highest BCUT2D eigenvalue weighted by Crippen LogP contribution is 2.23. The number of imidazole rings is 1. The molecule has 0 atom stereocenters. The number of carboxylic acids is 1. The number of ether oxygens (including phenoxy) is 2. The van der Waals surface area contributed by atoms with Gasteiger partial charge in [0.05, 0.1) is 47.3 Å². The number of aromatic carboxylic acids is 1. The molecule has 208 valence electrons. The number of nitrogens with one attached hydrogen (secondary N) is 1. The number of carboxylic acid groups (broad SMARTS) is 1. The standard InChI is InChI=1S/C14H18N2O5.C13H10N4O2/c1-5-20-12(18)11(17)10-9(7-6-8-15-10)16-13(19)21-14(2,3)4;1-17-7-14-6-11(17)10-5-8(13(18)19)12-9(16-10)3-2-4-15-12/h6-8H,5H2,1-4H3,(H,16,19);2-7H,1H3,(H,18,19). The van der Waals surface area contributed by atoms with Crippen LogP contribution in [0, 0.1) is 0 Å². The van der Waals surface area contributed by atoms with Gasteiger partial charge in [-0.2, -0.15) is 0 Å². The fourth-order valence-electron chi connectivity index (χ4n) is 3.35. The van der Waals surface area contributed by atoms with Crippen LogP contribution in [0.2, 0.25) is 0 Å². The van der Waals surface area contributed by atoms with E-state index < -0.39 is 29.4 Å². The third kappa shape index (κ3) is 7.43. The molecule has 0 saturated carbocycles. The van der Waals surface area contributed by atoms with E-state index >= 15 is 0 Å². The molecule has 0 unspecified atom stereocenters. The number of rotatable bonds is 6. The van der Waals surface area contributed by atoms with E-state index in [1.165, 1.54) is 24.4 Å². The lowest BCUT2D eigenvalue weighted by Gasteiger charge is -2.20. The van der Waals surface area contributed by atoms with Gasteiger partial charge in [-0.3, -0.25) is 20.1 Å². The molecule has 40 heavy (non-hydrogen) atoms. The van der Waals surface area contributed by atoms with Gasteiger partial charge in [0.25, 0.3) is 5.78 Å². The van der Waals surface area contributed by atoms with E-state index in [9.17, 15) is 24.3 Å². The molecule has 0 radical (unpaired) electrons. The minimum absolute atomic E-state index is 0.0756. The topological polar surface area (TPSA) is 175 Å². The Bertz CT molecular complexity index is 1560. The van der Waals surface area contributed by atoms with Gasteiger partial charge in [0, 0.05) is 19.4 Å². The highest BCUT2D eigenvalue weighted by atomic mass is 16.6. The summed E-state index contributed by atoms with van der Waals surface area (Å²) >= 11 is 0. The summed E-state index contributed by atoms with van der Waals surface area (Å²) in [4.78, 5) is 62.7. The summed E-state index contributed by atoms with van der Waals surface area (Å²) in [5.74, 6) is -2.97. The third-order valence-electron chi connectivity index (χ3n) is 4.99. The highest BCUT2D eigenvalue weighted by Gasteiger charge is 2.24. The molecule has 2 N–H and O–H groups in total. The van der Waals surface area contributed by atoms with Gasteiger partial charge in [0.1, 0.15) is 16.8 Å². The summed E-state index contributed by atoms with van der Waals surface area (Å²) in [5.41, 5.74) is 1.62. The maximum atomic E-state index is 11.9. The number of anilines is 1. The van der Waals surface area contributed by atoms with Crippen LogP contribution in [0.5, 0.6) is 0 Å². The summed E-state index contributed by atoms with van der Waals surface area (Å²) in [7, 11) is 1.83. The predicted octanol–water partition coefficient (Wildman–Crippen LogP) is 3.90. The van der Waals surface area contributed by atoms with E-state index in [2.05, 4.69) is 30.0 Å². The molecule has 0 aliphatic heterocycles. The SMILES string of the molecule is CCOC(=O)C(=O)c1ncccc1NC(=O)OC(C)(C)C.Cn1cncc1-c1cc(C(=O)O)c2ncccc2n1. The molecule has 4 rings (SSSR count). The molecular weight excluding hydrogens is 520 g/mol. The number of amides is 1. The smallest absolute Gasteiger partial charge is 0.412 e. The Kier molecular flexibility index (Phi) is 9.22. The van der Waals surface area contributed by atoms with Gasteiger partial charge in [0.15, 0.2) is 0 Å². The van der Waals surface area contributed by atoms with Crippen LogP contribution in [-0.2, 0) is 21.3 Å². The maximum Gasteiger partial charge on any atom is 0.412 e.